The molecule has 2 aromatic rings. The van der Waals surface area contributed by atoms with Crippen molar-refractivity contribution < 1.29 is 18.6 Å². The molecule has 0 amide bonds. The van der Waals surface area contributed by atoms with Gasteiger partial charge in [-0.3, -0.25) is 0 Å². The van der Waals surface area contributed by atoms with Gasteiger partial charge in [0.2, 0.25) is 0 Å². The Hall–Kier alpha value is -2.09. The van der Waals surface area contributed by atoms with Crippen LogP contribution >= 0.6 is 23.8 Å². The van der Waals surface area contributed by atoms with Gasteiger partial charge in [0.1, 0.15) is 17.3 Å². The Labute approximate surface area is 206 Å². The van der Waals surface area contributed by atoms with Gasteiger partial charge >= 0.3 is 0 Å². The van der Waals surface area contributed by atoms with Gasteiger partial charge in [0.15, 0.2) is 5.11 Å². The van der Waals surface area contributed by atoms with Crippen molar-refractivity contribution in [3.63, 3.8) is 0 Å². The van der Waals surface area contributed by atoms with E-state index in [0.29, 0.717) is 42.0 Å². The van der Waals surface area contributed by atoms with Crippen molar-refractivity contribution in [2.24, 2.45) is 0 Å². The van der Waals surface area contributed by atoms with Crippen molar-refractivity contribution in [3.05, 3.63) is 58.4 Å². The Morgan fingerprint density at radius 3 is 2.76 bits per heavy atom. The van der Waals surface area contributed by atoms with Crippen LogP contribution in [0.2, 0.25) is 5.02 Å². The number of halogens is 2. The zero-order chi connectivity index (χ0) is 23.6. The second-order valence-corrected chi connectivity index (χ2v) is 8.63. The Balaban J connectivity index is 1.65. The Morgan fingerprint density at radius 2 is 2.06 bits per heavy atom. The lowest BCUT2D eigenvalue weighted by Crippen LogP contribution is -2.43. The van der Waals surface area contributed by atoms with Crippen LogP contribution in [0, 0.1) is 5.82 Å². The molecule has 1 heterocycles. The van der Waals surface area contributed by atoms with Gasteiger partial charge in [0, 0.05) is 42.9 Å². The number of hydrogen-bond donors (Lipinski definition) is 1. The molecule has 1 saturated heterocycles. The monoisotopic (exact) mass is 494 g/mol. The second-order valence-electron chi connectivity index (χ2n) is 7.83. The Bertz CT molecular complexity index is 904. The maximum atomic E-state index is 14.4. The fourth-order valence-electron chi connectivity index (χ4n) is 3.83. The van der Waals surface area contributed by atoms with Crippen LogP contribution in [0.1, 0.15) is 37.8 Å². The molecular weight excluding hydrogens is 463 g/mol. The second kappa shape index (κ2) is 13.0. The molecule has 0 radical (unpaired) electrons. The number of nitrogens with one attached hydrogen (secondary N) is 1. The van der Waals surface area contributed by atoms with Gasteiger partial charge in [-0.1, -0.05) is 23.7 Å². The van der Waals surface area contributed by atoms with Crippen molar-refractivity contribution in [1.29, 1.82) is 0 Å². The van der Waals surface area contributed by atoms with Gasteiger partial charge in [-0.15, -0.1) is 0 Å². The SMILES string of the molecule is CCOc1ccc(CCNC(=S)N(Cc2c(F)cccc2Cl)CC2CCCO2)c(OCC)c1. The lowest BCUT2D eigenvalue weighted by atomic mass is 10.1. The summed E-state index contributed by atoms with van der Waals surface area (Å²) in [6.07, 6.45) is 2.78. The van der Waals surface area contributed by atoms with Crippen LogP contribution in [0.15, 0.2) is 36.4 Å². The zero-order valence-corrected chi connectivity index (χ0v) is 20.8. The van der Waals surface area contributed by atoms with Gasteiger partial charge in [-0.25, -0.2) is 4.39 Å². The topological polar surface area (TPSA) is 43.0 Å². The minimum Gasteiger partial charge on any atom is -0.494 e. The van der Waals surface area contributed by atoms with E-state index >= 15 is 0 Å². The molecule has 1 atom stereocenters. The van der Waals surface area contributed by atoms with Crippen molar-refractivity contribution in [2.75, 3.05) is 32.9 Å². The third kappa shape index (κ3) is 7.45. The van der Waals surface area contributed by atoms with E-state index < -0.39 is 0 Å². The highest BCUT2D eigenvalue weighted by atomic mass is 35.5. The molecule has 0 aromatic heterocycles. The average molecular weight is 495 g/mol. The van der Waals surface area contributed by atoms with E-state index in [9.17, 15) is 4.39 Å². The van der Waals surface area contributed by atoms with Crippen LogP contribution in [0.3, 0.4) is 0 Å². The molecule has 1 aliphatic heterocycles. The number of hydrogen-bond acceptors (Lipinski definition) is 4. The first kappa shape index (κ1) is 25.5. The smallest absolute Gasteiger partial charge is 0.169 e. The minimum absolute atomic E-state index is 0.0750. The number of ether oxygens (including phenoxy) is 3. The summed E-state index contributed by atoms with van der Waals surface area (Å²) in [6.45, 7) is 7.32. The van der Waals surface area contributed by atoms with Crippen LogP contribution in [0.4, 0.5) is 4.39 Å². The van der Waals surface area contributed by atoms with E-state index in [0.717, 1.165) is 42.9 Å². The van der Waals surface area contributed by atoms with Crippen molar-refractivity contribution >= 4 is 28.9 Å². The molecule has 0 aliphatic carbocycles. The largest absolute Gasteiger partial charge is 0.494 e. The summed E-state index contributed by atoms with van der Waals surface area (Å²) in [5, 5.41) is 4.27. The standard InChI is InChI=1S/C25H32ClFN2O3S/c1-3-30-19-11-10-18(24(15-19)31-4-2)12-13-28-25(33)29(16-20-7-6-14-32-20)17-21-22(26)8-5-9-23(21)27/h5,8-11,15,20H,3-4,6-7,12-14,16-17H2,1-2H3,(H,28,33). The molecule has 3 rings (SSSR count). The predicted molar refractivity (Wildman–Crippen MR) is 134 cm³/mol. The summed E-state index contributed by atoms with van der Waals surface area (Å²) in [5.74, 6) is 1.27. The number of nitrogens with zero attached hydrogens (tertiary/aromatic N) is 1. The summed E-state index contributed by atoms with van der Waals surface area (Å²) < 4.78 is 31.6. The number of rotatable bonds is 11. The molecule has 1 unspecified atom stereocenters. The molecule has 8 heteroatoms. The lowest BCUT2D eigenvalue weighted by Gasteiger charge is -2.29. The van der Waals surface area contributed by atoms with Crippen LogP contribution in [-0.2, 0) is 17.7 Å². The molecule has 0 bridgehead atoms. The molecule has 2 aromatic carbocycles. The lowest BCUT2D eigenvalue weighted by molar-refractivity contribution is 0.0895. The summed E-state index contributed by atoms with van der Waals surface area (Å²) in [4.78, 5) is 1.94. The molecule has 0 spiro atoms. The van der Waals surface area contributed by atoms with E-state index in [1.807, 2.05) is 36.9 Å². The quantitative estimate of drug-likeness (QED) is 0.423. The van der Waals surface area contributed by atoms with Crippen LogP contribution in [-0.4, -0.2) is 49.0 Å². The first-order chi connectivity index (χ1) is 16.0. The molecule has 1 aliphatic rings. The van der Waals surface area contributed by atoms with Gasteiger partial charge in [0.05, 0.1) is 19.3 Å². The summed E-state index contributed by atoms with van der Waals surface area (Å²) in [6, 6.07) is 10.6. The van der Waals surface area contributed by atoms with Crippen molar-refractivity contribution in [3.8, 4) is 11.5 Å². The third-order valence-corrected chi connectivity index (χ3v) is 6.22. The molecule has 33 heavy (non-hydrogen) atoms. The Kier molecular flexibility index (Phi) is 10.0. The highest BCUT2D eigenvalue weighted by Crippen LogP contribution is 2.26. The van der Waals surface area contributed by atoms with Gasteiger partial charge in [0.25, 0.3) is 0 Å². The number of thiocarbonyl (C=S) groups is 1. The maximum Gasteiger partial charge on any atom is 0.169 e. The summed E-state index contributed by atoms with van der Waals surface area (Å²) in [5.41, 5.74) is 1.50. The van der Waals surface area contributed by atoms with Crippen LogP contribution in [0.25, 0.3) is 0 Å². The normalized spacial score (nSPS) is 15.3. The molecule has 0 saturated carbocycles. The van der Waals surface area contributed by atoms with Crippen molar-refractivity contribution in [2.45, 2.75) is 45.8 Å². The molecule has 1 N–H and O–H groups in total. The van der Waals surface area contributed by atoms with E-state index in [-0.39, 0.29) is 18.5 Å². The number of benzene rings is 2. The van der Waals surface area contributed by atoms with E-state index in [1.54, 1.807) is 12.1 Å². The zero-order valence-electron chi connectivity index (χ0n) is 19.2. The third-order valence-electron chi connectivity index (χ3n) is 5.47. The van der Waals surface area contributed by atoms with Crippen LogP contribution in [0.5, 0.6) is 11.5 Å². The van der Waals surface area contributed by atoms with Gasteiger partial charge in [-0.05, 0) is 69.1 Å². The maximum absolute atomic E-state index is 14.4. The van der Waals surface area contributed by atoms with E-state index in [4.69, 9.17) is 38.0 Å². The average Bonchev–Trinajstić information content (AvgIpc) is 3.30. The minimum atomic E-state index is -0.335. The summed E-state index contributed by atoms with van der Waals surface area (Å²) in [7, 11) is 0. The molecule has 1 fully saturated rings. The van der Waals surface area contributed by atoms with E-state index in [2.05, 4.69) is 5.32 Å². The predicted octanol–water partition coefficient (Wildman–Crippen LogP) is 5.37. The van der Waals surface area contributed by atoms with Crippen LogP contribution < -0.4 is 14.8 Å². The first-order valence-electron chi connectivity index (χ1n) is 11.5. The highest BCUT2D eigenvalue weighted by molar-refractivity contribution is 7.80. The van der Waals surface area contributed by atoms with Crippen molar-refractivity contribution in [1.82, 2.24) is 10.2 Å². The molecule has 5 nitrogen and oxygen atoms in total. The first-order valence-corrected chi connectivity index (χ1v) is 12.3. The highest BCUT2D eigenvalue weighted by Gasteiger charge is 2.23. The molecule has 180 valence electrons. The summed E-state index contributed by atoms with van der Waals surface area (Å²) >= 11 is 12.0. The van der Waals surface area contributed by atoms with E-state index in [1.165, 1.54) is 6.07 Å². The fourth-order valence-corrected chi connectivity index (χ4v) is 4.30. The fraction of sp³-hybridized carbons (Fsp3) is 0.480. The van der Waals surface area contributed by atoms with Gasteiger partial charge < -0.3 is 24.4 Å². The molecular formula is C25H32ClFN2O3S. The Morgan fingerprint density at radius 1 is 1.24 bits per heavy atom. The van der Waals surface area contributed by atoms with Gasteiger partial charge in [-0.2, -0.15) is 0 Å².